The van der Waals surface area contributed by atoms with Crippen LogP contribution in [0.1, 0.15) is 35.5 Å². The molecule has 0 saturated carbocycles. The van der Waals surface area contributed by atoms with Gasteiger partial charge in [-0.1, -0.05) is 19.1 Å². The summed E-state index contributed by atoms with van der Waals surface area (Å²) in [6.45, 7) is 1.29. The van der Waals surface area contributed by atoms with Crippen LogP contribution >= 0.6 is 0 Å². The van der Waals surface area contributed by atoms with Crippen LogP contribution in [0.5, 0.6) is 0 Å². The molecular formula is C17H18FNO4. The monoisotopic (exact) mass is 319 g/mol. The number of rotatable bonds is 7. The predicted molar refractivity (Wildman–Crippen MR) is 81.2 cm³/mol. The molecule has 0 spiro atoms. The van der Waals surface area contributed by atoms with Crippen molar-refractivity contribution in [3.05, 3.63) is 59.8 Å². The average Bonchev–Trinajstić information content (AvgIpc) is 3.06. The van der Waals surface area contributed by atoms with Crippen LogP contribution < -0.4 is 5.32 Å². The van der Waals surface area contributed by atoms with E-state index in [1.54, 1.807) is 19.1 Å². The van der Waals surface area contributed by atoms with Gasteiger partial charge in [-0.05, 0) is 24.3 Å². The Balaban J connectivity index is 1.95. The maximum atomic E-state index is 13.2. The lowest BCUT2D eigenvalue weighted by Gasteiger charge is -2.16. The lowest BCUT2D eigenvalue weighted by Crippen LogP contribution is -2.32. The quantitative estimate of drug-likeness (QED) is 0.768. The van der Waals surface area contributed by atoms with Gasteiger partial charge in [-0.15, -0.1) is 0 Å². The SMILES string of the molecule is CC(CC(=O)NC(CO)c1ccco1)C(=O)c1cccc(F)c1. The molecule has 122 valence electrons. The van der Waals surface area contributed by atoms with Crippen molar-refractivity contribution in [2.24, 2.45) is 5.92 Å². The van der Waals surface area contributed by atoms with Crippen molar-refractivity contribution >= 4 is 11.7 Å². The van der Waals surface area contributed by atoms with Gasteiger partial charge < -0.3 is 14.8 Å². The molecule has 23 heavy (non-hydrogen) atoms. The fourth-order valence-corrected chi connectivity index (χ4v) is 2.25. The first-order valence-corrected chi connectivity index (χ1v) is 7.24. The van der Waals surface area contributed by atoms with Crippen LogP contribution in [0.3, 0.4) is 0 Å². The van der Waals surface area contributed by atoms with Gasteiger partial charge in [0.2, 0.25) is 5.91 Å². The number of aliphatic hydroxyl groups is 1. The molecule has 0 saturated heterocycles. The molecule has 1 amide bonds. The first kappa shape index (κ1) is 16.9. The first-order chi connectivity index (χ1) is 11.0. The van der Waals surface area contributed by atoms with E-state index in [4.69, 9.17) is 4.42 Å². The summed E-state index contributed by atoms with van der Waals surface area (Å²) < 4.78 is 18.3. The van der Waals surface area contributed by atoms with E-state index in [2.05, 4.69) is 5.32 Å². The highest BCUT2D eigenvalue weighted by Gasteiger charge is 2.22. The third-order valence-electron chi connectivity index (χ3n) is 3.45. The van der Waals surface area contributed by atoms with Crippen molar-refractivity contribution < 1.29 is 23.5 Å². The van der Waals surface area contributed by atoms with Gasteiger partial charge in [0.15, 0.2) is 5.78 Å². The summed E-state index contributed by atoms with van der Waals surface area (Å²) in [6, 6.07) is 8.00. The molecule has 2 N–H and O–H groups in total. The number of carbonyl (C=O) groups excluding carboxylic acids is 2. The highest BCUT2D eigenvalue weighted by Crippen LogP contribution is 2.16. The van der Waals surface area contributed by atoms with Crippen molar-refractivity contribution in [1.82, 2.24) is 5.32 Å². The maximum Gasteiger partial charge on any atom is 0.221 e. The summed E-state index contributed by atoms with van der Waals surface area (Å²) in [5, 5.41) is 11.9. The summed E-state index contributed by atoms with van der Waals surface area (Å²) in [5.74, 6) is -1.36. The summed E-state index contributed by atoms with van der Waals surface area (Å²) in [5.41, 5.74) is 0.232. The van der Waals surface area contributed by atoms with E-state index in [9.17, 15) is 19.1 Å². The number of furan rings is 1. The molecule has 0 fully saturated rings. The number of halogens is 1. The molecule has 2 atom stereocenters. The molecule has 0 radical (unpaired) electrons. The summed E-state index contributed by atoms with van der Waals surface area (Å²) >= 11 is 0. The number of ketones is 1. The highest BCUT2D eigenvalue weighted by molar-refractivity contribution is 5.99. The number of nitrogens with one attached hydrogen (secondary N) is 1. The van der Waals surface area contributed by atoms with Gasteiger partial charge in [-0.2, -0.15) is 0 Å². The number of benzene rings is 1. The Morgan fingerprint density at radius 3 is 2.70 bits per heavy atom. The van der Waals surface area contributed by atoms with Gasteiger partial charge in [0.05, 0.1) is 12.9 Å². The van der Waals surface area contributed by atoms with Gasteiger partial charge >= 0.3 is 0 Å². The molecule has 0 aliphatic carbocycles. The van der Waals surface area contributed by atoms with Gasteiger partial charge in [0.1, 0.15) is 17.6 Å². The van der Waals surface area contributed by atoms with E-state index in [1.165, 1.54) is 24.5 Å². The molecule has 1 aromatic carbocycles. The number of carbonyl (C=O) groups is 2. The molecule has 2 aromatic rings. The van der Waals surface area contributed by atoms with E-state index < -0.39 is 23.7 Å². The molecule has 0 aliphatic rings. The molecule has 1 aromatic heterocycles. The smallest absolute Gasteiger partial charge is 0.221 e. The minimum absolute atomic E-state index is 0.0629. The van der Waals surface area contributed by atoms with Crippen LogP contribution in [0, 0.1) is 11.7 Å². The second kappa shape index (κ2) is 7.69. The molecule has 0 bridgehead atoms. The fraction of sp³-hybridized carbons (Fsp3) is 0.294. The van der Waals surface area contributed by atoms with Crippen molar-refractivity contribution in [3.63, 3.8) is 0 Å². The molecule has 2 unspecified atom stereocenters. The molecule has 5 nitrogen and oxygen atoms in total. The van der Waals surface area contributed by atoms with Crippen LogP contribution in [-0.4, -0.2) is 23.4 Å². The lowest BCUT2D eigenvalue weighted by atomic mass is 9.96. The van der Waals surface area contributed by atoms with Gasteiger partial charge in [0, 0.05) is 17.9 Å². The van der Waals surface area contributed by atoms with Crippen LogP contribution in [0.2, 0.25) is 0 Å². The van der Waals surface area contributed by atoms with E-state index in [1.807, 2.05) is 0 Å². The molecule has 1 heterocycles. The normalized spacial score (nSPS) is 13.3. The molecule has 2 rings (SSSR count). The minimum Gasteiger partial charge on any atom is -0.467 e. The zero-order valence-electron chi connectivity index (χ0n) is 12.7. The van der Waals surface area contributed by atoms with Crippen molar-refractivity contribution in [2.75, 3.05) is 6.61 Å². The van der Waals surface area contributed by atoms with Crippen LogP contribution in [-0.2, 0) is 4.79 Å². The second-order valence-electron chi connectivity index (χ2n) is 5.30. The van der Waals surface area contributed by atoms with Crippen molar-refractivity contribution in [1.29, 1.82) is 0 Å². The number of hydrogen-bond donors (Lipinski definition) is 2. The van der Waals surface area contributed by atoms with E-state index >= 15 is 0 Å². The number of aliphatic hydroxyl groups excluding tert-OH is 1. The molecule has 0 aliphatic heterocycles. The second-order valence-corrected chi connectivity index (χ2v) is 5.30. The lowest BCUT2D eigenvalue weighted by molar-refractivity contribution is -0.122. The summed E-state index contributed by atoms with van der Waals surface area (Å²) in [4.78, 5) is 24.2. The van der Waals surface area contributed by atoms with Crippen LogP contribution in [0.4, 0.5) is 4.39 Å². The fourth-order valence-electron chi connectivity index (χ4n) is 2.25. The topological polar surface area (TPSA) is 79.5 Å². The van der Waals surface area contributed by atoms with Crippen LogP contribution in [0.25, 0.3) is 0 Å². The van der Waals surface area contributed by atoms with E-state index in [0.29, 0.717) is 5.76 Å². The molecular weight excluding hydrogens is 301 g/mol. The maximum absolute atomic E-state index is 13.2. The Morgan fingerprint density at radius 1 is 1.30 bits per heavy atom. The Morgan fingerprint density at radius 2 is 2.09 bits per heavy atom. The molecule has 6 heteroatoms. The number of hydrogen-bond acceptors (Lipinski definition) is 4. The summed E-state index contributed by atoms with van der Waals surface area (Å²) in [6.07, 6.45) is 1.38. The predicted octanol–water partition coefficient (Wildman–Crippen LogP) is 2.48. The summed E-state index contributed by atoms with van der Waals surface area (Å²) in [7, 11) is 0. The average molecular weight is 319 g/mol. The van der Waals surface area contributed by atoms with Crippen LogP contribution in [0.15, 0.2) is 47.1 Å². The van der Waals surface area contributed by atoms with Gasteiger partial charge in [-0.3, -0.25) is 9.59 Å². The third-order valence-corrected chi connectivity index (χ3v) is 3.45. The van der Waals surface area contributed by atoms with E-state index in [0.717, 1.165) is 6.07 Å². The van der Waals surface area contributed by atoms with Gasteiger partial charge in [0.25, 0.3) is 0 Å². The Kier molecular flexibility index (Phi) is 5.65. The largest absolute Gasteiger partial charge is 0.467 e. The minimum atomic E-state index is -0.658. The Labute approximate surface area is 133 Å². The van der Waals surface area contributed by atoms with Gasteiger partial charge in [-0.25, -0.2) is 4.39 Å². The highest BCUT2D eigenvalue weighted by atomic mass is 19.1. The standard InChI is InChI=1S/C17H18FNO4/c1-11(17(22)12-4-2-5-13(18)9-12)8-16(21)19-14(10-20)15-6-3-7-23-15/h2-7,9,11,14,20H,8,10H2,1H3,(H,19,21). The van der Waals surface area contributed by atoms with E-state index in [-0.39, 0.29) is 24.4 Å². The zero-order valence-corrected chi connectivity index (χ0v) is 12.7. The van der Waals surface area contributed by atoms with Crippen molar-refractivity contribution in [2.45, 2.75) is 19.4 Å². The Bertz CT molecular complexity index is 669. The zero-order chi connectivity index (χ0) is 16.8. The third kappa shape index (κ3) is 4.50. The first-order valence-electron chi connectivity index (χ1n) is 7.24. The van der Waals surface area contributed by atoms with Crippen molar-refractivity contribution in [3.8, 4) is 0 Å². The number of Topliss-reactive ketones (excluding diaryl/α,β-unsaturated/α-hetero) is 1. The number of amides is 1. The Hall–Kier alpha value is -2.47.